The maximum absolute atomic E-state index is 13.5. The van der Waals surface area contributed by atoms with Gasteiger partial charge in [-0.3, -0.25) is 4.98 Å². The number of halogens is 2. The summed E-state index contributed by atoms with van der Waals surface area (Å²) in [5.41, 5.74) is 4.05. The summed E-state index contributed by atoms with van der Waals surface area (Å²) in [6.07, 6.45) is 4.32. The smallest absolute Gasteiger partial charge is 0.126 e. The molecule has 0 atom stereocenters. The van der Waals surface area contributed by atoms with E-state index < -0.39 is 0 Å². The van der Waals surface area contributed by atoms with Gasteiger partial charge in [0.15, 0.2) is 0 Å². The van der Waals surface area contributed by atoms with E-state index in [-0.39, 0.29) is 5.82 Å². The molecule has 2 nitrogen and oxygen atoms in total. The van der Waals surface area contributed by atoms with E-state index in [0.717, 1.165) is 42.6 Å². The minimum absolute atomic E-state index is 0.330. The maximum atomic E-state index is 13.5. The Bertz CT molecular complexity index is 640. The largest absolute Gasteiger partial charge is 0.384 e. The van der Waals surface area contributed by atoms with Gasteiger partial charge < -0.3 is 5.32 Å². The molecule has 4 heteroatoms. The van der Waals surface area contributed by atoms with Gasteiger partial charge in [-0.1, -0.05) is 11.6 Å². The Morgan fingerprint density at radius 2 is 2.11 bits per heavy atom. The first-order valence-corrected chi connectivity index (χ1v) is 7.13. The molecule has 2 aromatic rings. The van der Waals surface area contributed by atoms with Crippen LogP contribution in [0.2, 0.25) is 5.02 Å². The molecule has 19 heavy (non-hydrogen) atoms. The van der Waals surface area contributed by atoms with E-state index in [1.807, 2.05) is 0 Å². The van der Waals surface area contributed by atoms with Gasteiger partial charge in [0.25, 0.3) is 0 Å². The first kappa shape index (κ1) is 12.7. The minimum Gasteiger partial charge on any atom is -0.384 e. The van der Waals surface area contributed by atoms with Gasteiger partial charge in [0.2, 0.25) is 0 Å². The minimum atomic E-state index is -0.330. The third kappa shape index (κ3) is 2.16. The maximum Gasteiger partial charge on any atom is 0.126 e. The van der Waals surface area contributed by atoms with Gasteiger partial charge in [0, 0.05) is 23.7 Å². The van der Waals surface area contributed by atoms with Crippen molar-refractivity contribution in [2.45, 2.75) is 32.6 Å². The molecule has 0 bridgehead atoms. The highest BCUT2D eigenvalue weighted by Gasteiger charge is 2.19. The van der Waals surface area contributed by atoms with Gasteiger partial charge in [-0.25, -0.2) is 4.39 Å². The fraction of sp³-hybridized carbons (Fsp3) is 0.400. The van der Waals surface area contributed by atoms with Crippen LogP contribution in [0.3, 0.4) is 0 Å². The molecule has 1 aliphatic carbocycles. The van der Waals surface area contributed by atoms with Gasteiger partial charge in [0.1, 0.15) is 5.82 Å². The third-order valence-corrected chi connectivity index (χ3v) is 3.93. The van der Waals surface area contributed by atoms with Crippen LogP contribution in [0, 0.1) is 5.82 Å². The molecule has 1 aliphatic rings. The van der Waals surface area contributed by atoms with Crippen molar-refractivity contribution in [1.29, 1.82) is 0 Å². The van der Waals surface area contributed by atoms with E-state index in [4.69, 9.17) is 11.6 Å². The lowest BCUT2D eigenvalue weighted by Crippen LogP contribution is -2.11. The highest BCUT2D eigenvalue weighted by Crippen LogP contribution is 2.37. The second-order valence-electron chi connectivity index (χ2n) is 4.93. The van der Waals surface area contributed by atoms with Crippen LogP contribution in [-0.2, 0) is 12.8 Å². The molecule has 1 aromatic heterocycles. The van der Waals surface area contributed by atoms with Crippen molar-refractivity contribution in [2.24, 2.45) is 0 Å². The molecule has 3 rings (SSSR count). The number of nitrogens with one attached hydrogen (secondary N) is 1. The quantitative estimate of drug-likeness (QED) is 0.884. The van der Waals surface area contributed by atoms with E-state index in [1.54, 1.807) is 0 Å². The predicted molar refractivity (Wildman–Crippen MR) is 77.5 cm³/mol. The van der Waals surface area contributed by atoms with Crippen LogP contribution >= 0.6 is 11.6 Å². The molecule has 1 N–H and O–H groups in total. The van der Waals surface area contributed by atoms with Gasteiger partial charge in [-0.15, -0.1) is 0 Å². The molecule has 100 valence electrons. The van der Waals surface area contributed by atoms with Crippen molar-refractivity contribution in [3.63, 3.8) is 0 Å². The normalized spacial score (nSPS) is 14.5. The first-order chi connectivity index (χ1) is 9.20. The SMILES string of the molecule is CCNc1c2c(nc3cc(F)cc(Cl)c13)CCCC2. The molecule has 0 saturated carbocycles. The van der Waals surface area contributed by atoms with Crippen molar-refractivity contribution in [1.82, 2.24) is 4.98 Å². The molecular formula is C15H16ClFN2. The number of aromatic nitrogens is 1. The summed E-state index contributed by atoms with van der Waals surface area (Å²) in [5.74, 6) is -0.330. The average Bonchev–Trinajstić information content (AvgIpc) is 2.38. The highest BCUT2D eigenvalue weighted by atomic mass is 35.5. The Balaban J connectivity index is 2.35. The standard InChI is InChI=1S/C15H16ClFN2/c1-2-18-15-10-5-3-4-6-12(10)19-13-8-9(17)7-11(16)14(13)15/h7-8H,2-6H2,1H3,(H,18,19). The number of fused-ring (bicyclic) bond motifs is 2. The van der Waals surface area contributed by atoms with Crippen LogP contribution in [0.4, 0.5) is 10.1 Å². The summed E-state index contributed by atoms with van der Waals surface area (Å²) in [4.78, 5) is 4.62. The third-order valence-electron chi connectivity index (χ3n) is 3.63. The Morgan fingerprint density at radius 1 is 1.32 bits per heavy atom. The lowest BCUT2D eigenvalue weighted by Gasteiger charge is -2.21. The summed E-state index contributed by atoms with van der Waals surface area (Å²) in [6.45, 7) is 2.87. The first-order valence-electron chi connectivity index (χ1n) is 6.75. The van der Waals surface area contributed by atoms with E-state index in [2.05, 4.69) is 17.2 Å². The van der Waals surface area contributed by atoms with Gasteiger partial charge in [-0.2, -0.15) is 0 Å². The van der Waals surface area contributed by atoms with Crippen molar-refractivity contribution in [2.75, 3.05) is 11.9 Å². The number of pyridine rings is 1. The Kier molecular flexibility index (Phi) is 3.31. The summed E-state index contributed by atoms with van der Waals surface area (Å²) in [5, 5.41) is 4.68. The Hall–Kier alpha value is -1.35. The predicted octanol–water partition coefficient (Wildman–Crippen LogP) is 4.34. The zero-order chi connectivity index (χ0) is 13.4. The Morgan fingerprint density at radius 3 is 2.89 bits per heavy atom. The summed E-state index contributed by atoms with van der Waals surface area (Å²) in [7, 11) is 0. The van der Waals surface area contributed by atoms with Crippen LogP contribution in [0.25, 0.3) is 10.9 Å². The number of hydrogen-bond acceptors (Lipinski definition) is 2. The number of aryl methyl sites for hydroxylation is 1. The van der Waals surface area contributed by atoms with E-state index in [0.29, 0.717) is 10.5 Å². The van der Waals surface area contributed by atoms with Crippen molar-refractivity contribution < 1.29 is 4.39 Å². The molecule has 0 fully saturated rings. The molecule has 0 amide bonds. The van der Waals surface area contributed by atoms with Crippen molar-refractivity contribution in [3.8, 4) is 0 Å². The zero-order valence-electron chi connectivity index (χ0n) is 10.9. The second kappa shape index (κ2) is 4.97. The highest BCUT2D eigenvalue weighted by molar-refractivity contribution is 6.36. The van der Waals surface area contributed by atoms with Crippen LogP contribution in [0.1, 0.15) is 31.0 Å². The second-order valence-corrected chi connectivity index (χ2v) is 5.34. The fourth-order valence-corrected chi connectivity index (χ4v) is 3.14. The van der Waals surface area contributed by atoms with Crippen molar-refractivity contribution in [3.05, 3.63) is 34.2 Å². The number of anilines is 1. The molecular weight excluding hydrogens is 263 g/mol. The fourth-order valence-electron chi connectivity index (χ4n) is 2.85. The lowest BCUT2D eigenvalue weighted by molar-refractivity contribution is 0.629. The Labute approximate surface area is 117 Å². The van der Waals surface area contributed by atoms with Crippen LogP contribution < -0.4 is 5.32 Å². The average molecular weight is 279 g/mol. The molecule has 1 heterocycles. The molecule has 0 saturated heterocycles. The van der Waals surface area contributed by atoms with E-state index >= 15 is 0 Å². The van der Waals surface area contributed by atoms with Gasteiger partial charge in [-0.05, 0) is 44.2 Å². The summed E-state index contributed by atoms with van der Waals surface area (Å²) in [6, 6.07) is 2.83. The van der Waals surface area contributed by atoms with E-state index in [1.165, 1.54) is 24.1 Å². The lowest BCUT2D eigenvalue weighted by atomic mass is 9.92. The van der Waals surface area contributed by atoms with Crippen LogP contribution in [0.15, 0.2) is 12.1 Å². The number of rotatable bonds is 2. The van der Waals surface area contributed by atoms with E-state index in [9.17, 15) is 4.39 Å². The molecule has 0 radical (unpaired) electrons. The topological polar surface area (TPSA) is 24.9 Å². The van der Waals surface area contributed by atoms with Crippen LogP contribution in [0.5, 0.6) is 0 Å². The monoisotopic (exact) mass is 278 g/mol. The zero-order valence-corrected chi connectivity index (χ0v) is 11.6. The van der Waals surface area contributed by atoms with Gasteiger partial charge in [0.05, 0.1) is 16.2 Å². The molecule has 0 unspecified atom stereocenters. The summed E-state index contributed by atoms with van der Waals surface area (Å²) >= 11 is 6.23. The summed E-state index contributed by atoms with van der Waals surface area (Å²) < 4.78 is 13.5. The molecule has 1 aromatic carbocycles. The van der Waals surface area contributed by atoms with Crippen molar-refractivity contribution >= 4 is 28.2 Å². The van der Waals surface area contributed by atoms with Crippen LogP contribution in [-0.4, -0.2) is 11.5 Å². The number of nitrogens with zero attached hydrogens (tertiary/aromatic N) is 1. The van der Waals surface area contributed by atoms with Gasteiger partial charge >= 0.3 is 0 Å². The number of benzene rings is 1. The molecule has 0 spiro atoms. The molecule has 0 aliphatic heterocycles. The number of hydrogen-bond donors (Lipinski definition) is 1.